The maximum absolute atomic E-state index is 5.51. The van der Waals surface area contributed by atoms with E-state index in [0.717, 1.165) is 17.8 Å². The summed E-state index contributed by atoms with van der Waals surface area (Å²) in [6.45, 7) is 6.04. The van der Waals surface area contributed by atoms with Gasteiger partial charge < -0.3 is 0 Å². The average Bonchev–Trinajstić information content (AvgIpc) is 2.53. The molecule has 3 atom stereocenters. The first-order valence-electron chi connectivity index (χ1n) is 4.87. The number of nitrogens with two attached hydrogens (primary N) is 1. The van der Waals surface area contributed by atoms with Crippen molar-refractivity contribution in [3.05, 3.63) is 12.2 Å². The smallest absolute Gasteiger partial charge is 0.0448 e. The fourth-order valence-corrected chi connectivity index (χ4v) is 2.95. The van der Waals surface area contributed by atoms with Gasteiger partial charge in [-0.3, -0.25) is 11.3 Å². The van der Waals surface area contributed by atoms with Gasteiger partial charge in [0, 0.05) is 6.04 Å². The lowest BCUT2D eigenvalue weighted by Crippen LogP contribution is -2.38. The minimum atomic E-state index is 0.375. The van der Waals surface area contributed by atoms with Crippen LogP contribution >= 0.6 is 0 Å². The molecule has 2 fully saturated rings. The minimum absolute atomic E-state index is 0.375. The van der Waals surface area contributed by atoms with Gasteiger partial charge in [-0.25, -0.2) is 0 Å². The molecule has 0 radical (unpaired) electrons. The summed E-state index contributed by atoms with van der Waals surface area (Å²) >= 11 is 0. The SMILES string of the molecule is C=C(C)C(NN)C1C2CCCC21. The summed E-state index contributed by atoms with van der Waals surface area (Å²) in [6.07, 6.45) is 4.26. The second kappa shape index (κ2) is 2.86. The molecular formula is C10H18N2. The zero-order chi connectivity index (χ0) is 8.72. The monoisotopic (exact) mass is 166 g/mol. The van der Waals surface area contributed by atoms with Gasteiger partial charge in [-0.1, -0.05) is 18.6 Å². The Bertz CT molecular complexity index is 190. The van der Waals surface area contributed by atoms with Crippen molar-refractivity contribution in [2.24, 2.45) is 23.6 Å². The molecule has 0 aromatic rings. The van der Waals surface area contributed by atoms with Crippen LogP contribution in [0, 0.1) is 17.8 Å². The Morgan fingerprint density at radius 2 is 2.08 bits per heavy atom. The Labute approximate surface area is 74.2 Å². The molecule has 2 saturated carbocycles. The summed E-state index contributed by atoms with van der Waals surface area (Å²) in [5.41, 5.74) is 4.08. The molecule has 2 rings (SSSR count). The summed E-state index contributed by atoms with van der Waals surface area (Å²) in [5, 5.41) is 0. The van der Waals surface area contributed by atoms with E-state index < -0.39 is 0 Å². The summed E-state index contributed by atoms with van der Waals surface area (Å²) in [4.78, 5) is 0. The Hall–Kier alpha value is -0.340. The molecule has 0 bridgehead atoms. The molecule has 0 aromatic heterocycles. The maximum atomic E-state index is 5.51. The Balaban J connectivity index is 1.97. The third-order valence-electron chi connectivity index (χ3n) is 3.57. The first-order chi connectivity index (χ1) is 5.75. The molecule has 0 saturated heterocycles. The predicted molar refractivity (Wildman–Crippen MR) is 50.2 cm³/mol. The van der Waals surface area contributed by atoms with Crippen LogP contribution in [0.15, 0.2) is 12.2 Å². The van der Waals surface area contributed by atoms with E-state index in [0.29, 0.717) is 6.04 Å². The summed E-state index contributed by atoms with van der Waals surface area (Å²) in [7, 11) is 0. The van der Waals surface area contributed by atoms with Crippen LogP contribution in [0.1, 0.15) is 26.2 Å². The topological polar surface area (TPSA) is 38.0 Å². The first kappa shape index (κ1) is 8.27. The Kier molecular flexibility index (Phi) is 1.97. The van der Waals surface area contributed by atoms with Gasteiger partial charge in [-0.2, -0.15) is 0 Å². The maximum Gasteiger partial charge on any atom is 0.0448 e. The van der Waals surface area contributed by atoms with Gasteiger partial charge in [0.25, 0.3) is 0 Å². The molecule has 3 N–H and O–H groups in total. The molecule has 2 aliphatic carbocycles. The normalized spacial score (nSPS) is 40.7. The molecule has 12 heavy (non-hydrogen) atoms. The number of hydrazine groups is 1. The number of hydrogen-bond donors (Lipinski definition) is 2. The highest BCUT2D eigenvalue weighted by Crippen LogP contribution is 2.59. The van der Waals surface area contributed by atoms with Gasteiger partial charge in [0.1, 0.15) is 0 Å². The van der Waals surface area contributed by atoms with E-state index in [2.05, 4.69) is 18.9 Å². The van der Waals surface area contributed by atoms with E-state index in [4.69, 9.17) is 5.84 Å². The molecule has 2 aliphatic rings. The summed E-state index contributed by atoms with van der Waals surface area (Å²) in [6, 6.07) is 0.375. The van der Waals surface area contributed by atoms with Crippen LogP contribution < -0.4 is 11.3 Å². The van der Waals surface area contributed by atoms with Crippen molar-refractivity contribution < 1.29 is 0 Å². The van der Waals surface area contributed by atoms with Crippen LogP contribution in [-0.4, -0.2) is 6.04 Å². The molecular weight excluding hydrogens is 148 g/mol. The van der Waals surface area contributed by atoms with E-state index in [1.165, 1.54) is 24.8 Å². The highest BCUT2D eigenvalue weighted by atomic mass is 15.2. The Morgan fingerprint density at radius 1 is 1.50 bits per heavy atom. The molecule has 0 aromatic carbocycles. The molecule has 68 valence electrons. The van der Waals surface area contributed by atoms with Crippen molar-refractivity contribution in [3.8, 4) is 0 Å². The Morgan fingerprint density at radius 3 is 2.50 bits per heavy atom. The summed E-state index contributed by atoms with van der Waals surface area (Å²) in [5.74, 6) is 8.24. The lowest BCUT2D eigenvalue weighted by Gasteiger charge is -2.17. The fourth-order valence-electron chi connectivity index (χ4n) is 2.95. The minimum Gasteiger partial charge on any atom is -0.271 e. The standard InChI is InChI=1S/C10H18N2/c1-6(2)10(12-11)9-7-4-3-5-8(7)9/h7-10,12H,1,3-5,11H2,2H3. The van der Waals surface area contributed by atoms with E-state index in [-0.39, 0.29) is 0 Å². The zero-order valence-corrected chi connectivity index (χ0v) is 7.72. The van der Waals surface area contributed by atoms with Crippen molar-refractivity contribution in [2.75, 3.05) is 0 Å². The van der Waals surface area contributed by atoms with Crippen molar-refractivity contribution in [1.29, 1.82) is 0 Å². The fraction of sp³-hybridized carbons (Fsp3) is 0.800. The molecule has 2 heteroatoms. The second-order valence-corrected chi connectivity index (χ2v) is 4.33. The average molecular weight is 166 g/mol. The van der Waals surface area contributed by atoms with Crippen LogP contribution in [0.2, 0.25) is 0 Å². The van der Waals surface area contributed by atoms with Gasteiger partial charge in [-0.15, -0.1) is 0 Å². The van der Waals surface area contributed by atoms with E-state index in [1.54, 1.807) is 0 Å². The molecule has 2 nitrogen and oxygen atoms in total. The third-order valence-corrected chi connectivity index (χ3v) is 3.57. The first-order valence-corrected chi connectivity index (χ1v) is 4.87. The lowest BCUT2D eigenvalue weighted by molar-refractivity contribution is 0.456. The van der Waals surface area contributed by atoms with Crippen LogP contribution in [0.25, 0.3) is 0 Å². The highest BCUT2D eigenvalue weighted by molar-refractivity contribution is 5.15. The van der Waals surface area contributed by atoms with E-state index >= 15 is 0 Å². The molecule has 3 unspecified atom stereocenters. The third kappa shape index (κ3) is 1.10. The number of hydrogen-bond acceptors (Lipinski definition) is 2. The molecule has 0 amide bonds. The number of fused-ring (bicyclic) bond motifs is 1. The van der Waals surface area contributed by atoms with Crippen LogP contribution in [0.4, 0.5) is 0 Å². The number of rotatable bonds is 3. The quantitative estimate of drug-likeness (QED) is 0.378. The zero-order valence-electron chi connectivity index (χ0n) is 7.72. The molecule has 0 heterocycles. The van der Waals surface area contributed by atoms with Crippen LogP contribution in [0.3, 0.4) is 0 Å². The van der Waals surface area contributed by atoms with E-state index in [1.807, 2.05) is 0 Å². The molecule has 0 aliphatic heterocycles. The predicted octanol–water partition coefficient (Wildman–Crippen LogP) is 1.44. The highest BCUT2D eigenvalue weighted by Gasteiger charge is 2.55. The van der Waals surface area contributed by atoms with Crippen LogP contribution in [-0.2, 0) is 0 Å². The summed E-state index contributed by atoms with van der Waals surface area (Å²) < 4.78 is 0. The van der Waals surface area contributed by atoms with Crippen molar-refractivity contribution in [2.45, 2.75) is 32.2 Å². The van der Waals surface area contributed by atoms with Crippen LogP contribution in [0.5, 0.6) is 0 Å². The second-order valence-electron chi connectivity index (χ2n) is 4.33. The largest absolute Gasteiger partial charge is 0.271 e. The van der Waals surface area contributed by atoms with Gasteiger partial charge in [-0.05, 0) is 37.5 Å². The van der Waals surface area contributed by atoms with Crippen molar-refractivity contribution in [3.63, 3.8) is 0 Å². The molecule has 0 spiro atoms. The van der Waals surface area contributed by atoms with Crippen molar-refractivity contribution in [1.82, 2.24) is 5.43 Å². The van der Waals surface area contributed by atoms with E-state index in [9.17, 15) is 0 Å². The number of nitrogens with one attached hydrogen (secondary N) is 1. The van der Waals surface area contributed by atoms with Gasteiger partial charge in [0.2, 0.25) is 0 Å². The van der Waals surface area contributed by atoms with Gasteiger partial charge >= 0.3 is 0 Å². The van der Waals surface area contributed by atoms with Crippen molar-refractivity contribution >= 4 is 0 Å². The van der Waals surface area contributed by atoms with Gasteiger partial charge in [0.05, 0.1) is 0 Å². The van der Waals surface area contributed by atoms with Gasteiger partial charge in [0.15, 0.2) is 0 Å². The lowest BCUT2D eigenvalue weighted by atomic mass is 10.00.